The van der Waals surface area contributed by atoms with Crippen LogP contribution in [0, 0.1) is 13.8 Å². The Hall–Kier alpha value is -2.33. The number of hydrogen-bond acceptors (Lipinski definition) is 4. The van der Waals surface area contributed by atoms with E-state index in [1.54, 1.807) is 0 Å². The van der Waals surface area contributed by atoms with Gasteiger partial charge in [-0.15, -0.1) is 0 Å². The van der Waals surface area contributed by atoms with E-state index < -0.39 is 0 Å². The van der Waals surface area contributed by atoms with Gasteiger partial charge in [0.15, 0.2) is 5.78 Å². The number of aryl methyl sites for hydroxylation is 2. The predicted molar refractivity (Wildman–Crippen MR) is 91.8 cm³/mol. The summed E-state index contributed by atoms with van der Waals surface area (Å²) in [5.41, 5.74) is 2.49. The second-order valence-corrected chi connectivity index (χ2v) is 6.32. The molecule has 0 N–H and O–H groups in total. The summed E-state index contributed by atoms with van der Waals surface area (Å²) in [6.07, 6.45) is 0. The molecule has 1 aromatic heterocycles. The molecule has 0 aliphatic rings. The largest absolute Gasteiger partial charge is 0.437 e. The number of nitrogens with zero attached hydrogens (tertiary/aromatic N) is 1. The maximum Gasteiger partial charge on any atom is 0.257 e. The van der Waals surface area contributed by atoms with E-state index in [1.807, 2.05) is 74.5 Å². The number of thioether (sulfide) groups is 1. The second-order valence-electron chi connectivity index (χ2n) is 5.26. The van der Waals surface area contributed by atoms with E-state index in [4.69, 9.17) is 4.42 Å². The zero-order valence-corrected chi connectivity index (χ0v) is 13.8. The molecular formula is C19H17NO2S. The van der Waals surface area contributed by atoms with Crippen LogP contribution in [0.25, 0.3) is 0 Å². The Labute approximate surface area is 139 Å². The van der Waals surface area contributed by atoms with Crippen molar-refractivity contribution in [2.24, 2.45) is 0 Å². The van der Waals surface area contributed by atoms with E-state index in [0.717, 1.165) is 17.0 Å². The van der Waals surface area contributed by atoms with Gasteiger partial charge in [0.1, 0.15) is 11.0 Å². The topological polar surface area (TPSA) is 43.1 Å². The van der Waals surface area contributed by atoms with Crippen LogP contribution in [0.3, 0.4) is 0 Å². The third kappa shape index (κ3) is 3.54. The fraction of sp³-hybridized carbons (Fsp3) is 0.158. The first-order valence-electron chi connectivity index (χ1n) is 7.40. The SMILES string of the molecule is Cc1nc(S[C@@H](C(=O)c2ccccc2)c2ccccc2)oc1C. The molecule has 0 saturated heterocycles. The Balaban J connectivity index is 1.95. The fourth-order valence-electron chi connectivity index (χ4n) is 2.25. The molecule has 0 aliphatic carbocycles. The van der Waals surface area contributed by atoms with Gasteiger partial charge in [0.2, 0.25) is 0 Å². The first kappa shape index (κ1) is 15.6. The van der Waals surface area contributed by atoms with Gasteiger partial charge in [0.25, 0.3) is 5.22 Å². The minimum absolute atomic E-state index is 0.0512. The highest BCUT2D eigenvalue weighted by atomic mass is 32.2. The Morgan fingerprint density at radius 2 is 1.61 bits per heavy atom. The number of carbonyl (C=O) groups excluding carboxylic acids is 1. The van der Waals surface area contributed by atoms with Crippen LogP contribution in [-0.4, -0.2) is 10.8 Å². The summed E-state index contributed by atoms with van der Waals surface area (Å²) in [6, 6.07) is 19.1. The molecule has 23 heavy (non-hydrogen) atoms. The third-order valence-corrected chi connectivity index (χ3v) is 4.72. The number of benzene rings is 2. The molecule has 0 aliphatic heterocycles. The highest BCUT2D eigenvalue weighted by Crippen LogP contribution is 2.37. The lowest BCUT2D eigenvalue weighted by molar-refractivity contribution is 0.0989. The number of oxazole rings is 1. The average molecular weight is 323 g/mol. The van der Waals surface area contributed by atoms with Crippen LogP contribution >= 0.6 is 11.8 Å². The van der Waals surface area contributed by atoms with Gasteiger partial charge in [-0.05, 0) is 19.4 Å². The first-order valence-corrected chi connectivity index (χ1v) is 8.28. The predicted octanol–water partition coefficient (Wildman–Crippen LogP) is 5.01. The van der Waals surface area contributed by atoms with E-state index in [1.165, 1.54) is 11.8 Å². The minimum Gasteiger partial charge on any atom is -0.437 e. The van der Waals surface area contributed by atoms with Gasteiger partial charge in [-0.2, -0.15) is 0 Å². The van der Waals surface area contributed by atoms with Crippen molar-refractivity contribution in [3.05, 3.63) is 83.2 Å². The Kier molecular flexibility index (Phi) is 4.63. The van der Waals surface area contributed by atoms with Crippen molar-refractivity contribution in [2.45, 2.75) is 24.3 Å². The second kappa shape index (κ2) is 6.84. The molecule has 1 heterocycles. The zero-order chi connectivity index (χ0) is 16.2. The maximum absolute atomic E-state index is 13.0. The van der Waals surface area contributed by atoms with E-state index in [2.05, 4.69) is 4.98 Å². The number of carbonyl (C=O) groups is 1. The van der Waals surface area contributed by atoms with Crippen LogP contribution in [0.4, 0.5) is 0 Å². The molecule has 0 bridgehead atoms. The van der Waals surface area contributed by atoms with Gasteiger partial charge in [0, 0.05) is 5.56 Å². The van der Waals surface area contributed by atoms with Gasteiger partial charge in [-0.3, -0.25) is 4.79 Å². The van der Waals surface area contributed by atoms with Gasteiger partial charge in [-0.1, -0.05) is 72.4 Å². The lowest BCUT2D eigenvalue weighted by Crippen LogP contribution is -2.10. The summed E-state index contributed by atoms with van der Waals surface area (Å²) in [4.78, 5) is 17.3. The molecule has 3 rings (SSSR count). The smallest absolute Gasteiger partial charge is 0.257 e. The van der Waals surface area contributed by atoms with Crippen LogP contribution in [0.1, 0.15) is 32.6 Å². The molecule has 0 spiro atoms. The molecule has 3 aromatic rings. The van der Waals surface area contributed by atoms with Crippen molar-refractivity contribution in [3.8, 4) is 0 Å². The molecule has 0 saturated carbocycles. The summed E-state index contributed by atoms with van der Waals surface area (Å²) in [6.45, 7) is 3.78. The van der Waals surface area contributed by atoms with Gasteiger partial charge in [-0.25, -0.2) is 4.98 Å². The van der Waals surface area contributed by atoms with E-state index in [9.17, 15) is 4.79 Å². The standard InChI is InChI=1S/C19H17NO2S/c1-13-14(2)22-19(20-13)23-18(16-11-7-4-8-12-16)17(21)15-9-5-3-6-10-15/h3-12,18H,1-2H3/t18-/m1/s1. The number of hydrogen-bond donors (Lipinski definition) is 0. The molecular weight excluding hydrogens is 306 g/mol. The molecule has 3 nitrogen and oxygen atoms in total. The van der Waals surface area contributed by atoms with E-state index in [-0.39, 0.29) is 11.0 Å². The Bertz CT molecular complexity index is 777. The quantitative estimate of drug-likeness (QED) is 0.489. The maximum atomic E-state index is 13.0. The van der Waals surface area contributed by atoms with Gasteiger partial charge in [0.05, 0.1) is 5.69 Å². The first-order chi connectivity index (χ1) is 11.1. The number of rotatable bonds is 5. The highest BCUT2D eigenvalue weighted by Gasteiger charge is 2.25. The van der Waals surface area contributed by atoms with Gasteiger partial charge < -0.3 is 4.42 Å². The summed E-state index contributed by atoms with van der Waals surface area (Å²) >= 11 is 1.35. The van der Waals surface area contributed by atoms with Crippen LogP contribution in [0.2, 0.25) is 0 Å². The number of aromatic nitrogens is 1. The number of ketones is 1. The van der Waals surface area contributed by atoms with Crippen molar-refractivity contribution in [3.63, 3.8) is 0 Å². The molecule has 4 heteroatoms. The van der Waals surface area contributed by atoms with Crippen molar-refractivity contribution in [2.75, 3.05) is 0 Å². The molecule has 0 fully saturated rings. The van der Waals surface area contributed by atoms with Crippen molar-refractivity contribution < 1.29 is 9.21 Å². The van der Waals surface area contributed by atoms with E-state index in [0.29, 0.717) is 10.8 Å². The lowest BCUT2D eigenvalue weighted by Gasteiger charge is -2.14. The minimum atomic E-state index is -0.379. The van der Waals surface area contributed by atoms with Crippen molar-refractivity contribution >= 4 is 17.5 Å². The molecule has 1 atom stereocenters. The summed E-state index contributed by atoms with van der Waals surface area (Å²) < 4.78 is 5.65. The lowest BCUT2D eigenvalue weighted by atomic mass is 10.0. The monoisotopic (exact) mass is 323 g/mol. The zero-order valence-electron chi connectivity index (χ0n) is 13.0. The van der Waals surface area contributed by atoms with Crippen LogP contribution < -0.4 is 0 Å². The molecule has 2 aromatic carbocycles. The summed E-state index contributed by atoms with van der Waals surface area (Å²) in [7, 11) is 0. The highest BCUT2D eigenvalue weighted by molar-refractivity contribution is 8.00. The molecule has 0 amide bonds. The molecule has 0 unspecified atom stereocenters. The number of Topliss-reactive ketones (excluding diaryl/α,β-unsaturated/α-hetero) is 1. The van der Waals surface area contributed by atoms with E-state index >= 15 is 0 Å². The fourth-order valence-corrected chi connectivity index (χ4v) is 3.35. The van der Waals surface area contributed by atoms with Crippen molar-refractivity contribution in [1.29, 1.82) is 0 Å². The Morgan fingerprint density at radius 1 is 1.00 bits per heavy atom. The van der Waals surface area contributed by atoms with Crippen LogP contribution in [-0.2, 0) is 0 Å². The van der Waals surface area contributed by atoms with Gasteiger partial charge >= 0.3 is 0 Å². The third-order valence-electron chi connectivity index (χ3n) is 3.63. The summed E-state index contributed by atoms with van der Waals surface area (Å²) in [5, 5.41) is 0.147. The summed E-state index contributed by atoms with van der Waals surface area (Å²) in [5.74, 6) is 0.835. The average Bonchev–Trinajstić information content (AvgIpc) is 2.91. The molecule has 116 valence electrons. The van der Waals surface area contributed by atoms with Crippen LogP contribution in [0.15, 0.2) is 70.3 Å². The Morgan fingerprint density at radius 3 is 2.17 bits per heavy atom. The van der Waals surface area contributed by atoms with Crippen molar-refractivity contribution in [1.82, 2.24) is 4.98 Å². The molecule has 0 radical (unpaired) electrons. The normalized spacial score (nSPS) is 12.1. The van der Waals surface area contributed by atoms with Crippen LogP contribution in [0.5, 0.6) is 0 Å².